The minimum Gasteiger partial charge on any atom is -0.394 e. The number of nitrogens with one attached hydrogen (secondary N) is 1. The molecule has 3 aliphatic heterocycles. The van der Waals surface area contributed by atoms with Crippen LogP contribution in [0.2, 0.25) is 0 Å². The summed E-state index contributed by atoms with van der Waals surface area (Å²) in [5, 5.41) is 120. The van der Waals surface area contributed by atoms with E-state index in [1.54, 1.807) is 0 Å². The second kappa shape index (κ2) is 44.7. The van der Waals surface area contributed by atoms with Crippen molar-refractivity contribution in [1.82, 2.24) is 5.32 Å². The van der Waals surface area contributed by atoms with Crippen molar-refractivity contribution in [1.29, 1.82) is 0 Å². The van der Waals surface area contributed by atoms with Gasteiger partial charge in [-0.15, -0.1) is 0 Å². The van der Waals surface area contributed by atoms with Gasteiger partial charge in [-0.3, -0.25) is 4.79 Å². The van der Waals surface area contributed by atoms with Crippen molar-refractivity contribution >= 4 is 5.91 Å². The third-order valence-electron chi connectivity index (χ3n) is 15.1. The highest BCUT2D eigenvalue weighted by molar-refractivity contribution is 5.76. The summed E-state index contributed by atoms with van der Waals surface area (Å²) in [4.78, 5) is 13.3. The minimum atomic E-state index is -1.98. The van der Waals surface area contributed by atoms with Crippen LogP contribution in [-0.4, -0.2) is 193 Å². The molecule has 12 N–H and O–H groups in total. The van der Waals surface area contributed by atoms with Crippen LogP contribution in [0.1, 0.15) is 181 Å². The van der Waals surface area contributed by atoms with E-state index >= 15 is 0 Å². The number of amides is 1. The Morgan fingerprint density at radius 2 is 0.827 bits per heavy atom. The van der Waals surface area contributed by atoms with Gasteiger partial charge in [0.05, 0.1) is 38.6 Å². The average molecular weight is 1150 g/mol. The molecule has 17 atom stereocenters. The van der Waals surface area contributed by atoms with E-state index in [0.717, 1.165) is 51.4 Å². The number of aliphatic hydroxyl groups is 11. The first kappa shape index (κ1) is 72.5. The summed E-state index contributed by atoms with van der Waals surface area (Å²) in [5.41, 5.74) is 0. The van der Waals surface area contributed by atoms with Crippen LogP contribution in [-0.2, 0) is 33.2 Å². The number of hydrogen-bond donors (Lipinski definition) is 12. The van der Waals surface area contributed by atoms with Crippen molar-refractivity contribution in [2.75, 3.05) is 26.4 Å². The van der Waals surface area contributed by atoms with E-state index in [1.807, 2.05) is 12.2 Å². The molecule has 81 heavy (non-hydrogen) atoms. The van der Waals surface area contributed by atoms with Crippen molar-refractivity contribution < 1.29 is 89.4 Å². The summed E-state index contributed by atoms with van der Waals surface area (Å²) in [6, 6.07) is -0.931. The molecule has 17 unspecified atom stereocenters. The molecule has 3 aliphatic rings. The van der Waals surface area contributed by atoms with Crippen LogP contribution in [0.3, 0.4) is 0 Å². The fraction of sp³-hybridized carbons (Fsp3) is 0.790. The van der Waals surface area contributed by atoms with Crippen molar-refractivity contribution in [2.45, 2.75) is 285 Å². The van der Waals surface area contributed by atoms with Gasteiger partial charge in [0.15, 0.2) is 18.9 Å². The molecular formula is C62H107NO18. The lowest BCUT2D eigenvalue weighted by molar-refractivity contribution is -0.379. The molecule has 0 spiro atoms. The molecule has 468 valence electrons. The van der Waals surface area contributed by atoms with Gasteiger partial charge in [0.1, 0.15) is 73.2 Å². The van der Waals surface area contributed by atoms with Crippen LogP contribution >= 0.6 is 0 Å². The van der Waals surface area contributed by atoms with E-state index in [0.29, 0.717) is 25.7 Å². The second-order valence-corrected chi connectivity index (χ2v) is 21.8. The van der Waals surface area contributed by atoms with Crippen molar-refractivity contribution in [3.05, 3.63) is 72.9 Å². The Labute approximate surface area is 483 Å². The Balaban J connectivity index is 1.52. The van der Waals surface area contributed by atoms with Crippen molar-refractivity contribution in [2.24, 2.45) is 0 Å². The Bertz CT molecular complexity index is 1760. The molecule has 3 heterocycles. The van der Waals surface area contributed by atoms with E-state index in [-0.39, 0.29) is 18.9 Å². The van der Waals surface area contributed by atoms with Crippen LogP contribution < -0.4 is 5.32 Å². The molecule has 0 saturated carbocycles. The largest absolute Gasteiger partial charge is 0.394 e. The highest BCUT2D eigenvalue weighted by Crippen LogP contribution is 2.33. The van der Waals surface area contributed by atoms with Gasteiger partial charge in [0.25, 0.3) is 0 Å². The quantitative estimate of drug-likeness (QED) is 0.0253. The highest BCUT2D eigenvalue weighted by Gasteiger charge is 2.53. The molecule has 0 aliphatic carbocycles. The minimum absolute atomic E-state index is 0.138. The number of rotatable bonds is 44. The first-order valence-corrected chi connectivity index (χ1v) is 30.7. The van der Waals surface area contributed by atoms with Gasteiger partial charge in [0.2, 0.25) is 5.91 Å². The monoisotopic (exact) mass is 1150 g/mol. The van der Waals surface area contributed by atoms with Crippen LogP contribution in [0, 0.1) is 0 Å². The molecule has 3 saturated heterocycles. The number of carbonyl (C=O) groups is 1. The SMILES string of the molecule is CC/C=C\C/C=C\C/C=C\C/C=C\C/C=C\C/C=C\CCC(=O)NC(COC1OC(CO)C(OC2OC(CO)C(OC3OC(CO)C(O)C(O)C3O)C(O)C2O)C(O)C1O)C(O)CCCCCCCCCCCCCCCCCCC. The third-order valence-corrected chi connectivity index (χ3v) is 15.1. The zero-order valence-electron chi connectivity index (χ0n) is 48.7. The number of hydrogen-bond acceptors (Lipinski definition) is 18. The molecule has 0 bridgehead atoms. The smallest absolute Gasteiger partial charge is 0.220 e. The van der Waals surface area contributed by atoms with E-state index < -0.39 is 124 Å². The van der Waals surface area contributed by atoms with Crippen molar-refractivity contribution in [3.8, 4) is 0 Å². The molecule has 0 radical (unpaired) electrons. The molecular weight excluding hydrogens is 1050 g/mol. The average Bonchev–Trinajstić information content (AvgIpc) is 3.51. The van der Waals surface area contributed by atoms with E-state index in [4.69, 9.17) is 28.4 Å². The summed E-state index contributed by atoms with van der Waals surface area (Å²) >= 11 is 0. The Hall–Kier alpha value is -2.77. The van der Waals surface area contributed by atoms with Gasteiger partial charge < -0.3 is 89.9 Å². The van der Waals surface area contributed by atoms with Crippen molar-refractivity contribution in [3.63, 3.8) is 0 Å². The van der Waals surface area contributed by atoms with Gasteiger partial charge in [-0.05, 0) is 51.4 Å². The Morgan fingerprint density at radius 3 is 1.26 bits per heavy atom. The molecule has 0 aromatic heterocycles. The number of ether oxygens (including phenoxy) is 6. The number of carbonyl (C=O) groups excluding carboxylic acids is 1. The van der Waals surface area contributed by atoms with Crippen LogP contribution in [0.5, 0.6) is 0 Å². The lowest BCUT2D eigenvalue weighted by Gasteiger charge is -2.48. The predicted molar refractivity (Wildman–Crippen MR) is 309 cm³/mol. The zero-order valence-corrected chi connectivity index (χ0v) is 48.7. The van der Waals surface area contributed by atoms with E-state index in [9.17, 15) is 61.0 Å². The maximum atomic E-state index is 13.3. The Morgan fingerprint density at radius 1 is 0.457 bits per heavy atom. The van der Waals surface area contributed by atoms with Crippen LogP contribution in [0.4, 0.5) is 0 Å². The van der Waals surface area contributed by atoms with Gasteiger partial charge in [-0.2, -0.15) is 0 Å². The standard InChI is InChI=1S/C62H107NO18/c1-3-5-7-9-11-13-15-17-19-21-22-24-26-28-30-32-34-36-38-40-50(68)63-45(46(67)39-37-35-33-31-29-27-25-23-20-18-16-14-12-10-8-6-4-2)44-76-60-56(74)53(71)58(48(42-65)78-60)81-62-57(75)54(72)59(49(43-66)79-62)80-61-55(73)52(70)51(69)47(41-64)77-61/h5,7,11,13,17,19,22,24,28,30,34,36,45-49,51-62,64-67,69-75H,3-4,6,8-10,12,14-16,18,20-21,23,25-27,29,31-33,35,37-44H2,1-2H3,(H,63,68)/b7-5-,13-11-,19-17-,24-22-,30-28-,36-34-. The van der Waals surface area contributed by atoms with Gasteiger partial charge in [-0.1, -0.05) is 196 Å². The van der Waals surface area contributed by atoms with Gasteiger partial charge >= 0.3 is 0 Å². The molecule has 19 nitrogen and oxygen atoms in total. The fourth-order valence-corrected chi connectivity index (χ4v) is 10.0. The van der Waals surface area contributed by atoms with Crippen LogP contribution in [0.15, 0.2) is 72.9 Å². The third kappa shape index (κ3) is 28.3. The molecule has 19 heteroatoms. The highest BCUT2D eigenvalue weighted by atomic mass is 16.8. The Kier molecular flexibility index (Phi) is 40.0. The second-order valence-electron chi connectivity index (χ2n) is 21.8. The lowest BCUT2D eigenvalue weighted by atomic mass is 9.96. The maximum absolute atomic E-state index is 13.3. The van der Waals surface area contributed by atoms with Crippen LogP contribution in [0.25, 0.3) is 0 Å². The normalized spacial score (nSPS) is 30.3. The first-order chi connectivity index (χ1) is 39.3. The summed E-state index contributed by atoms with van der Waals surface area (Å²) in [6.07, 6.45) is 25.6. The number of aliphatic hydroxyl groups excluding tert-OH is 11. The summed E-state index contributed by atoms with van der Waals surface area (Å²) in [6.45, 7) is 1.61. The summed E-state index contributed by atoms with van der Waals surface area (Å²) < 4.78 is 34.3. The van der Waals surface area contributed by atoms with Gasteiger partial charge in [0, 0.05) is 6.42 Å². The van der Waals surface area contributed by atoms with Gasteiger partial charge in [-0.25, -0.2) is 0 Å². The molecule has 0 aromatic carbocycles. The molecule has 3 rings (SSSR count). The van der Waals surface area contributed by atoms with E-state index in [2.05, 4.69) is 79.9 Å². The maximum Gasteiger partial charge on any atom is 0.220 e. The molecule has 0 aromatic rings. The molecule has 1 amide bonds. The summed E-state index contributed by atoms with van der Waals surface area (Å²) in [5.74, 6) is -0.327. The molecule has 3 fully saturated rings. The number of unbranched alkanes of at least 4 members (excludes halogenated alkanes) is 16. The predicted octanol–water partition coefficient (Wildman–Crippen LogP) is 5.82. The fourth-order valence-electron chi connectivity index (χ4n) is 10.0. The zero-order chi connectivity index (χ0) is 59.0. The first-order valence-electron chi connectivity index (χ1n) is 30.7. The lowest BCUT2D eigenvalue weighted by Crippen LogP contribution is -2.66. The van der Waals surface area contributed by atoms with E-state index in [1.165, 1.54) is 83.5 Å². The summed E-state index contributed by atoms with van der Waals surface area (Å²) in [7, 11) is 0. The topological polar surface area (TPSA) is 307 Å². The number of allylic oxidation sites excluding steroid dienone is 12.